The maximum atomic E-state index is 12.8. The van der Waals surface area contributed by atoms with Crippen LogP contribution in [-0.2, 0) is 6.54 Å². The van der Waals surface area contributed by atoms with Crippen molar-refractivity contribution in [2.24, 2.45) is 0 Å². The summed E-state index contributed by atoms with van der Waals surface area (Å²) in [4.78, 5) is 25.2. The third-order valence-electron chi connectivity index (χ3n) is 5.11. The Kier molecular flexibility index (Phi) is 5.77. The molecule has 2 amide bonds. The van der Waals surface area contributed by atoms with Gasteiger partial charge in [-0.1, -0.05) is 36.4 Å². The van der Waals surface area contributed by atoms with Crippen LogP contribution < -0.4 is 16.0 Å². The molecule has 0 unspecified atom stereocenters. The molecule has 152 valence electrons. The van der Waals surface area contributed by atoms with Crippen LogP contribution in [0.3, 0.4) is 0 Å². The Bertz CT molecular complexity index is 1060. The molecule has 0 spiro atoms. The van der Waals surface area contributed by atoms with Gasteiger partial charge in [0.05, 0.1) is 11.3 Å². The average Bonchev–Trinajstić information content (AvgIpc) is 3.17. The molecule has 0 saturated carbocycles. The lowest BCUT2D eigenvalue weighted by molar-refractivity contribution is 0.0966. The minimum absolute atomic E-state index is 0.133. The Morgan fingerprint density at radius 2 is 1.77 bits per heavy atom. The van der Waals surface area contributed by atoms with Gasteiger partial charge in [0.1, 0.15) is 0 Å². The summed E-state index contributed by atoms with van der Waals surface area (Å²) in [6.07, 6.45) is 0.661. The van der Waals surface area contributed by atoms with E-state index in [9.17, 15) is 9.59 Å². The number of carbonyl (C=O) groups excluding carboxylic acids is 2. The number of hydrogen-bond donors (Lipinski definition) is 4. The molecule has 0 bridgehead atoms. The summed E-state index contributed by atoms with van der Waals surface area (Å²) in [7, 11) is 0. The Balaban J connectivity index is 1.56. The zero-order valence-corrected chi connectivity index (χ0v) is 16.4. The lowest BCUT2D eigenvalue weighted by atomic mass is 9.95. The van der Waals surface area contributed by atoms with Crippen LogP contribution in [0.15, 0.2) is 66.7 Å². The fraction of sp³-hybridized carbons (Fsp3) is 0.167. The molecule has 0 saturated heterocycles. The van der Waals surface area contributed by atoms with E-state index in [1.165, 1.54) is 0 Å². The van der Waals surface area contributed by atoms with Crippen molar-refractivity contribution in [1.29, 1.82) is 0 Å². The van der Waals surface area contributed by atoms with Gasteiger partial charge >= 0.3 is 0 Å². The van der Waals surface area contributed by atoms with Crippen molar-refractivity contribution < 1.29 is 14.7 Å². The second-order valence-corrected chi connectivity index (χ2v) is 7.10. The second kappa shape index (κ2) is 8.80. The number of rotatable bonds is 7. The molecule has 1 aliphatic heterocycles. The zero-order valence-electron chi connectivity index (χ0n) is 16.4. The highest BCUT2D eigenvalue weighted by Gasteiger charge is 2.26. The number of benzene rings is 3. The predicted octanol–water partition coefficient (Wildman–Crippen LogP) is 3.64. The molecule has 0 atom stereocenters. The first-order valence-corrected chi connectivity index (χ1v) is 9.93. The van der Waals surface area contributed by atoms with E-state index < -0.39 is 0 Å². The summed E-state index contributed by atoms with van der Waals surface area (Å²) in [6.45, 7) is 1.24. The molecule has 1 aliphatic rings. The van der Waals surface area contributed by atoms with Crippen molar-refractivity contribution in [1.82, 2.24) is 5.32 Å². The van der Waals surface area contributed by atoms with Crippen molar-refractivity contribution in [3.63, 3.8) is 0 Å². The van der Waals surface area contributed by atoms with Gasteiger partial charge in [-0.25, -0.2) is 0 Å². The van der Waals surface area contributed by atoms with Crippen molar-refractivity contribution >= 4 is 23.2 Å². The topological polar surface area (TPSA) is 90.5 Å². The number of fused-ring (bicyclic) bond motifs is 1. The molecule has 0 aliphatic carbocycles. The first-order chi connectivity index (χ1) is 14.7. The van der Waals surface area contributed by atoms with E-state index in [1.54, 1.807) is 18.2 Å². The number of amides is 2. The van der Waals surface area contributed by atoms with Crippen LogP contribution in [-0.4, -0.2) is 30.1 Å². The van der Waals surface area contributed by atoms with Crippen molar-refractivity contribution in [3.05, 3.63) is 83.4 Å². The van der Waals surface area contributed by atoms with Crippen molar-refractivity contribution in [2.75, 3.05) is 23.8 Å². The van der Waals surface area contributed by atoms with E-state index in [-0.39, 0.29) is 18.4 Å². The summed E-state index contributed by atoms with van der Waals surface area (Å²) >= 11 is 0. The normalized spacial score (nSPS) is 12.2. The van der Waals surface area contributed by atoms with Gasteiger partial charge in [-0.05, 0) is 53.4 Å². The molecular weight excluding hydrogens is 378 g/mol. The fourth-order valence-electron chi connectivity index (χ4n) is 3.59. The maximum Gasteiger partial charge on any atom is 0.255 e. The summed E-state index contributed by atoms with van der Waals surface area (Å²) in [5, 5.41) is 17.8. The molecule has 6 nitrogen and oxygen atoms in total. The second-order valence-electron chi connectivity index (χ2n) is 7.10. The van der Waals surface area contributed by atoms with Crippen LogP contribution in [0, 0.1) is 0 Å². The van der Waals surface area contributed by atoms with E-state index in [0.717, 1.165) is 22.4 Å². The van der Waals surface area contributed by atoms with Crippen LogP contribution in [0.1, 0.15) is 32.7 Å². The number of hydrogen-bond acceptors (Lipinski definition) is 4. The van der Waals surface area contributed by atoms with Gasteiger partial charge in [0, 0.05) is 30.9 Å². The summed E-state index contributed by atoms with van der Waals surface area (Å²) in [5.41, 5.74) is 5.33. The summed E-state index contributed by atoms with van der Waals surface area (Å²) in [5.74, 6) is -0.451. The van der Waals surface area contributed by atoms with Crippen molar-refractivity contribution in [2.45, 2.75) is 13.0 Å². The van der Waals surface area contributed by atoms with Crippen LogP contribution in [0.25, 0.3) is 11.1 Å². The summed E-state index contributed by atoms with van der Waals surface area (Å²) < 4.78 is 0. The monoisotopic (exact) mass is 401 g/mol. The number of nitrogens with one attached hydrogen (secondary N) is 3. The number of carbonyl (C=O) groups is 2. The van der Waals surface area contributed by atoms with E-state index in [4.69, 9.17) is 5.11 Å². The smallest absolute Gasteiger partial charge is 0.255 e. The van der Waals surface area contributed by atoms with Gasteiger partial charge in [0.15, 0.2) is 0 Å². The Morgan fingerprint density at radius 3 is 2.50 bits per heavy atom. The van der Waals surface area contributed by atoms with Crippen LogP contribution in [0.2, 0.25) is 0 Å². The number of aliphatic hydroxyl groups is 1. The highest BCUT2D eigenvalue weighted by molar-refractivity contribution is 6.11. The van der Waals surface area contributed by atoms with Crippen LogP contribution in [0.5, 0.6) is 0 Å². The third kappa shape index (κ3) is 4.04. The number of aliphatic hydroxyl groups excluding tert-OH is 1. The number of anilines is 2. The first-order valence-electron chi connectivity index (χ1n) is 9.93. The minimum Gasteiger partial charge on any atom is -0.396 e. The molecule has 4 N–H and O–H groups in total. The summed E-state index contributed by atoms with van der Waals surface area (Å²) in [6, 6.07) is 20.7. The standard InChI is InChI=1S/C24H23N3O3/c28-14-4-13-25-18-9-7-17(8-10-18)23(29)27-21-12-11-19(16-5-2-1-3-6-16)20-15-26-24(30)22(20)21/h1-3,5-12,25,28H,4,13-15H2,(H,26,30)(H,27,29). The van der Waals surface area contributed by atoms with Gasteiger partial charge < -0.3 is 21.1 Å². The SMILES string of the molecule is O=C(Nc1ccc(-c2ccccc2)c2c1C(=O)NC2)c1ccc(NCCCO)cc1. The average molecular weight is 401 g/mol. The molecule has 3 aromatic rings. The Hall–Kier alpha value is -3.64. The maximum absolute atomic E-state index is 12.8. The van der Waals surface area contributed by atoms with Crippen molar-refractivity contribution in [3.8, 4) is 11.1 Å². The largest absolute Gasteiger partial charge is 0.396 e. The lowest BCUT2D eigenvalue weighted by Gasteiger charge is -2.13. The van der Waals surface area contributed by atoms with Crippen LogP contribution in [0.4, 0.5) is 11.4 Å². The van der Waals surface area contributed by atoms with Gasteiger partial charge in [-0.3, -0.25) is 9.59 Å². The quantitative estimate of drug-likeness (QED) is 0.455. The van der Waals surface area contributed by atoms with Gasteiger partial charge in [0.2, 0.25) is 0 Å². The molecule has 4 rings (SSSR count). The van der Waals surface area contributed by atoms with E-state index >= 15 is 0 Å². The lowest BCUT2D eigenvalue weighted by Crippen LogP contribution is -2.17. The fourth-order valence-corrected chi connectivity index (χ4v) is 3.59. The van der Waals surface area contributed by atoms with Gasteiger partial charge in [0.25, 0.3) is 11.8 Å². The van der Waals surface area contributed by atoms with Gasteiger partial charge in [-0.15, -0.1) is 0 Å². The third-order valence-corrected chi connectivity index (χ3v) is 5.11. The van der Waals surface area contributed by atoms with E-state index in [2.05, 4.69) is 16.0 Å². The van der Waals surface area contributed by atoms with Crippen LogP contribution >= 0.6 is 0 Å². The zero-order chi connectivity index (χ0) is 20.9. The minimum atomic E-state index is -0.272. The molecule has 0 fully saturated rings. The van der Waals surface area contributed by atoms with E-state index in [0.29, 0.717) is 36.3 Å². The van der Waals surface area contributed by atoms with Gasteiger partial charge in [-0.2, -0.15) is 0 Å². The molecule has 6 heteroatoms. The Labute approximate surface area is 174 Å². The highest BCUT2D eigenvalue weighted by Crippen LogP contribution is 2.34. The molecule has 0 radical (unpaired) electrons. The molecular formula is C24H23N3O3. The molecule has 1 heterocycles. The highest BCUT2D eigenvalue weighted by atomic mass is 16.3. The molecule has 0 aromatic heterocycles. The first kappa shape index (κ1) is 19.7. The van der Waals surface area contributed by atoms with E-state index in [1.807, 2.05) is 48.5 Å². The molecule has 30 heavy (non-hydrogen) atoms. The Morgan fingerprint density at radius 1 is 1.00 bits per heavy atom. The molecule has 3 aromatic carbocycles. The predicted molar refractivity (Wildman–Crippen MR) is 118 cm³/mol.